The van der Waals surface area contributed by atoms with Crippen LogP contribution in [0.1, 0.15) is 39.3 Å². The lowest BCUT2D eigenvalue weighted by Crippen LogP contribution is -2.42. The highest BCUT2D eigenvalue weighted by molar-refractivity contribution is 5.68. The summed E-state index contributed by atoms with van der Waals surface area (Å²) in [6.07, 6.45) is 7.69. The van der Waals surface area contributed by atoms with Crippen molar-refractivity contribution in [3.8, 4) is 0 Å². The van der Waals surface area contributed by atoms with Gasteiger partial charge in [0.1, 0.15) is 5.60 Å². The van der Waals surface area contributed by atoms with Crippen LogP contribution >= 0.6 is 0 Å². The van der Waals surface area contributed by atoms with Crippen LogP contribution in [0.4, 0.5) is 4.79 Å². The molecule has 1 aliphatic heterocycles. The molecule has 0 bridgehead atoms. The second kappa shape index (κ2) is 6.54. The fourth-order valence-corrected chi connectivity index (χ4v) is 4.31. The normalized spacial score (nSPS) is 26.2. The highest BCUT2D eigenvalue weighted by Gasteiger charge is 2.43. The van der Waals surface area contributed by atoms with Gasteiger partial charge >= 0.3 is 6.09 Å². The first kappa shape index (κ1) is 17.3. The Bertz CT molecular complexity index is 764. The number of nitrogens with zero attached hydrogens (tertiary/aromatic N) is 4. The van der Waals surface area contributed by atoms with Gasteiger partial charge in [0.25, 0.3) is 0 Å². The van der Waals surface area contributed by atoms with Crippen molar-refractivity contribution in [3.05, 3.63) is 30.4 Å². The summed E-state index contributed by atoms with van der Waals surface area (Å²) in [5, 5.41) is 3.10. The Labute approximate surface area is 153 Å². The number of imidazole rings is 1. The number of carbonyl (C=O) groups is 1. The van der Waals surface area contributed by atoms with Crippen molar-refractivity contribution in [2.75, 3.05) is 13.1 Å². The highest BCUT2D eigenvalue weighted by atomic mass is 16.6. The van der Waals surface area contributed by atoms with Gasteiger partial charge < -0.3 is 10.1 Å². The minimum atomic E-state index is -0.457. The third-order valence-electron chi connectivity index (χ3n) is 5.31. The molecule has 1 aliphatic carbocycles. The number of ether oxygens (including phenoxy) is 1. The molecule has 2 aromatic rings. The molecular weight excluding hydrogens is 330 g/mol. The van der Waals surface area contributed by atoms with E-state index in [4.69, 9.17) is 4.74 Å². The lowest BCUT2D eigenvalue weighted by molar-refractivity contribution is 0.0491. The summed E-state index contributed by atoms with van der Waals surface area (Å²) < 4.78 is 7.38. The predicted molar refractivity (Wildman–Crippen MR) is 97.6 cm³/mol. The van der Waals surface area contributed by atoms with Gasteiger partial charge in [0, 0.05) is 44.3 Å². The van der Waals surface area contributed by atoms with Gasteiger partial charge in [-0.2, -0.15) is 0 Å². The van der Waals surface area contributed by atoms with E-state index in [0.29, 0.717) is 11.8 Å². The molecule has 0 aromatic carbocycles. The topological polar surface area (TPSA) is 71.8 Å². The monoisotopic (exact) mass is 357 g/mol. The van der Waals surface area contributed by atoms with Crippen molar-refractivity contribution >= 4 is 11.9 Å². The number of likely N-dealkylation sites (tertiary alicyclic amines) is 1. The number of hydrogen-bond acceptors (Lipinski definition) is 5. The third-order valence-corrected chi connectivity index (χ3v) is 5.31. The second-order valence-electron chi connectivity index (χ2n) is 8.51. The maximum Gasteiger partial charge on any atom is 0.407 e. The SMILES string of the molecule is CC(C)(C)OC(=O)N[C@@H]1CC[C@H]2CN(Cc3cn4cccnc4n3)C[C@@H]21. The molecule has 1 saturated heterocycles. The van der Waals surface area contributed by atoms with Crippen LogP contribution in [0.5, 0.6) is 0 Å². The summed E-state index contributed by atoms with van der Waals surface area (Å²) in [5.74, 6) is 1.88. The van der Waals surface area contributed by atoms with E-state index in [2.05, 4.69) is 20.2 Å². The van der Waals surface area contributed by atoms with Crippen LogP contribution in [-0.4, -0.2) is 50.1 Å². The number of hydrogen-bond donors (Lipinski definition) is 1. The summed E-state index contributed by atoms with van der Waals surface area (Å²) in [6.45, 7) is 8.57. The zero-order chi connectivity index (χ0) is 18.3. The smallest absolute Gasteiger partial charge is 0.407 e. The van der Waals surface area contributed by atoms with E-state index in [1.165, 1.54) is 0 Å². The molecule has 7 nitrogen and oxygen atoms in total. The Hall–Kier alpha value is -2.15. The molecule has 1 saturated carbocycles. The molecular formula is C19H27N5O2. The Morgan fingerprint density at radius 2 is 2.19 bits per heavy atom. The molecule has 1 amide bonds. The summed E-state index contributed by atoms with van der Waals surface area (Å²) in [6, 6.07) is 2.12. The molecule has 0 unspecified atom stereocenters. The van der Waals surface area contributed by atoms with E-state index in [-0.39, 0.29) is 12.1 Å². The van der Waals surface area contributed by atoms with E-state index in [0.717, 1.165) is 43.9 Å². The fraction of sp³-hybridized carbons (Fsp3) is 0.632. The fourth-order valence-electron chi connectivity index (χ4n) is 4.31. The van der Waals surface area contributed by atoms with Crippen LogP contribution < -0.4 is 5.32 Å². The van der Waals surface area contributed by atoms with Gasteiger partial charge in [-0.15, -0.1) is 0 Å². The van der Waals surface area contributed by atoms with E-state index in [9.17, 15) is 4.79 Å². The van der Waals surface area contributed by atoms with Crippen molar-refractivity contribution in [1.82, 2.24) is 24.6 Å². The Morgan fingerprint density at radius 3 is 2.96 bits per heavy atom. The van der Waals surface area contributed by atoms with Crippen molar-refractivity contribution in [2.24, 2.45) is 11.8 Å². The molecule has 7 heteroatoms. The summed E-state index contributed by atoms with van der Waals surface area (Å²) in [4.78, 5) is 23.4. The van der Waals surface area contributed by atoms with Crippen LogP contribution in [0.3, 0.4) is 0 Å². The first-order chi connectivity index (χ1) is 12.4. The minimum Gasteiger partial charge on any atom is -0.444 e. The van der Waals surface area contributed by atoms with Crippen molar-refractivity contribution in [3.63, 3.8) is 0 Å². The summed E-state index contributed by atoms with van der Waals surface area (Å²) >= 11 is 0. The maximum absolute atomic E-state index is 12.1. The molecule has 1 N–H and O–H groups in total. The predicted octanol–water partition coefficient (Wildman–Crippen LogP) is 2.46. The number of aromatic nitrogens is 3. The molecule has 2 fully saturated rings. The van der Waals surface area contributed by atoms with E-state index < -0.39 is 5.60 Å². The first-order valence-corrected chi connectivity index (χ1v) is 9.38. The quantitative estimate of drug-likeness (QED) is 0.914. The zero-order valence-corrected chi connectivity index (χ0v) is 15.7. The zero-order valence-electron chi connectivity index (χ0n) is 15.7. The molecule has 26 heavy (non-hydrogen) atoms. The Kier molecular flexibility index (Phi) is 4.34. The lowest BCUT2D eigenvalue weighted by atomic mass is 9.98. The largest absolute Gasteiger partial charge is 0.444 e. The van der Waals surface area contributed by atoms with Gasteiger partial charge in [-0.3, -0.25) is 9.30 Å². The number of carbonyl (C=O) groups excluding carboxylic acids is 1. The van der Waals surface area contributed by atoms with Gasteiger partial charge in [-0.05, 0) is 51.5 Å². The molecule has 2 aromatic heterocycles. The standard InChI is InChI=1S/C19H27N5O2/c1-19(2,3)26-18(25)22-16-6-5-13-9-23(12-15(13)16)10-14-11-24-8-4-7-20-17(24)21-14/h4,7-8,11,13,15-16H,5-6,9-10,12H2,1-3H3,(H,22,25)/t13-,15-,16+/m0/s1. The van der Waals surface area contributed by atoms with Gasteiger partial charge in [0.05, 0.1) is 5.69 Å². The lowest BCUT2D eigenvalue weighted by Gasteiger charge is -2.24. The first-order valence-electron chi connectivity index (χ1n) is 9.38. The van der Waals surface area contributed by atoms with Crippen LogP contribution in [0.15, 0.2) is 24.7 Å². The van der Waals surface area contributed by atoms with Crippen molar-refractivity contribution in [1.29, 1.82) is 0 Å². The van der Waals surface area contributed by atoms with Crippen molar-refractivity contribution < 1.29 is 9.53 Å². The third kappa shape index (κ3) is 3.67. The number of nitrogens with one attached hydrogen (secondary N) is 1. The Balaban J connectivity index is 1.36. The maximum atomic E-state index is 12.1. The van der Waals surface area contributed by atoms with Crippen molar-refractivity contribution in [2.45, 2.75) is 51.8 Å². The molecule has 4 rings (SSSR count). The van der Waals surface area contributed by atoms with Gasteiger partial charge in [-0.1, -0.05) is 0 Å². The molecule has 140 valence electrons. The molecule has 3 atom stereocenters. The Morgan fingerprint density at radius 1 is 1.35 bits per heavy atom. The number of fused-ring (bicyclic) bond motifs is 2. The van der Waals surface area contributed by atoms with Gasteiger partial charge in [0.15, 0.2) is 0 Å². The van der Waals surface area contributed by atoms with Crippen LogP contribution in [0, 0.1) is 11.8 Å². The molecule has 0 spiro atoms. The molecule has 2 aliphatic rings. The molecule has 0 radical (unpaired) electrons. The highest BCUT2D eigenvalue weighted by Crippen LogP contribution is 2.38. The molecule has 3 heterocycles. The summed E-state index contributed by atoms with van der Waals surface area (Å²) in [7, 11) is 0. The number of rotatable bonds is 3. The van der Waals surface area contributed by atoms with E-state index in [1.807, 2.05) is 43.6 Å². The van der Waals surface area contributed by atoms with Crippen LogP contribution in [-0.2, 0) is 11.3 Å². The van der Waals surface area contributed by atoms with Gasteiger partial charge in [-0.25, -0.2) is 14.8 Å². The average Bonchev–Trinajstić information content (AvgIpc) is 3.20. The van der Waals surface area contributed by atoms with E-state index in [1.54, 1.807) is 6.20 Å². The number of alkyl carbamates (subject to hydrolysis) is 1. The summed E-state index contributed by atoms with van der Waals surface area (Å²) in [5.41, 5.74) is 0.585. The van der Waals surface area contributed by atoms with Crippen LogP contribution in [0.25, 0.3) is 5.78 Å². The average molecular weight is 357 g/mol. The van der Waals surface area contributed by atoms with E-state index >= 15 is 0 Å². The van der Waals surface area contributed by atoms with Crippen LogP contribution in [0.2, 0.25) is 0 Å². The minimum absolute atomic E-state index is 0.211. The number of amides is 1. The van der Waals surface area contributed by atoms with Gasteiger partial charge in [0.2, 0.25) is 5.78 Å². The second-order valence-corrected chi connectivity index (χ2v) is 8.51.